The van der Waals surface area contributed by atoms with Crippen molar-refractivity contribution in [3.05, 3.63) is 45.3 Å². The molecular formula is C20H27N2O3+. The van der Waals surface area contributed by atoms with Gasteiger partial charge >= 0.3 is 5.63 Å². The minimum absolute atomic E-state index is 0.0750. The molecule has 5 heteroatoms. The van der Waals surface area contributed by atoms with Gasteiger partial charge in [-0.25, -0.2) is 4.79 Å². The Bertz CT molecular complexity index is 850. The number of amides is 1. The zero-order chi connectivity index (χ0) is 18.1. The van der Waals surface area contributed by atoms with Gasteiger partial charge in [-0.3, -0.25) is 4.79 Å². The molecule has 0 spiro atoms. The van der Waals surface area contributed by atoms with Crippen molar-refractivity contribution in [2.45, 2.75) is 52.1 Å². The number of nitrogens with one attached hydrogen (secondary N) is 2. The number of aryl methyl sites for hydroxylation is 1. The maximum atomic E-state index is 12.0. The zero-order valence-corrected chi connectivity index (χ0v) is 15.4. The lowest BCUT2D eigenvalue weighted by atomic mass is 9.95. The van der Waals surface area contributed by atoms with E-state index in [4.69, 9.17) is 4.42 Å². The van der Waals surface area contributed by atoms with E-state index in [0.29, 0.717) is 30.6 Å². The van der Waals surface area contributed by atoms with Crippen LogP contribution in [0.4, 0.5) is 0 Å². The first-order valence-electron chi connectivity index (χ1n) is 9.01. The maximum Gasteiger partial charge on any atom is 0.336 e. The fourth-order valence-corrected chi connectivity index (χ4v) is 3.33. The SMILES string of the molecule is Cc1cc2oc(=O)cc(C[NH+](C)CC(=O)NC3CC3)c2cc1C(C)C. The minimum Gasteiger partial charge on any atom is -0.423 e. The number of fused-ring (bicyclic) bond motifs is 1. The summed E-state index contributed by atoms with van der Waals surface area (Å²) in [4.78, 5) is 25.0. The van der Waals surface area contributed by atoms with Crippen LogP contribution in [-0.2, 0) is 11.3 Å². The van der Waals surface area contributed by atoms with Gasteiger partial charge in [-0.1, -0.05) is 13.8 Å². The number of benzene rings is 1. The summed E-state index contributed by atoms with van der Waals surface area (Å²) < 4.78 is 5.40. The van der Waals surface area contributed by atoms with E-state index in [9.17, 15) is 9.59 Å². The molecule has 3 rings (SSSR count). The van der Waals surface area contributed by atoms with Crippen LogP contribution < -0.4 is 15.8 Å². The van der Waals surface area contributed by atoms with Gasteiger partial charge in [0.2, 0.25) is 0 Å². The third-order valence-electron chi connectivity index (χ3n) is 4.74. The van der Waals surface area contributed by atoms with Crippen molar-refractivity contribution in [3.8, 4) is 0 Å². The van der Waals surface area contributed by atoms with E-state index in [1.54, 1.807) is 6.07 Å². The largest absolute Gasteiger partial charge is 0.423 e. The first kappa shape index (κ1) is 17.7. The van der Waals surface area contributed by atoms with Crippen molar-refractivity contribution in [1.29, 1.82) is 0 Å². The standard InChI is InChI=1S/C20H26N2O3/c1-12(2)16-9-17-14(8-20(24)25-18(17)7-13(16)3)10-22(4)11-19(23)21-15-5-6-15/h7-9,12,15H,5-6,10-11H2,1-4H3,(H,21,23)/p+1. The number of quaternary nitrogens is 1. The van der Waals surface area contributed by atoms with Gasteiger partial charge in [0.1, 0.15) is 12.1 Å². The molecule has 1 aromatic carbocycles. The molecule has 0 saturated heterocycles. The van der Waals surface area contributed by atoms with Gasteiger partial charge in [-0.15, -0.1) is 0 Å². The summed E-state index contributed by atoms with van der Waals surface area (Å²) >= 11 is 0. The summed E-state index contributed by atoms with van der Waals surface area (Å²) in [5.74, 6) is 0.476. The summed E-state index contributed by atoms with van der Waals surface area (Å²) in [6.07, 6.45) is 2.18. The first-order chi connectivity index (χ1) is 11.8. The Balaban J connectivity index is 1.87. The summed E-state index contributed by atoms with van der Waals surface area (Å²) in [5, 5.41) is 3.98. The number of hydrogen-bond acceptors (Lipinski definition) is 3. The van der Waals surface area contributed by atoms with Crippen molar-refractivity contribution in [2.24, 2.45) is 0 Å². The number of carbonyl (C=O) groups is 1. The Hall–Kier alpha value is -2.14. The molecule has 1 heterocycles. The van der Waals surface area contributed by atoms with E-state index in [0.717, 1.165) is 34.3 Å². The molecule has 1 saturated carbocycles. The summed E-state index contributed by atoms with van der Waals surface area (Å²) in [6.45, 7) is 7.38. The molecule has 0 aliphatic heterocycles. The second-order valence-corrected chi connectivity index (χ2v) is 7.60. The quantitative estimate of drug-likeness (QED) is 0.782. The Labute approximate surface area is 148 Å². The molecule has 134 valence electrons. The van der Waals surface area contributed by atoms with Crippen LogP contribution in [0.1, 0.15) is 49.3 Å². The average molecular weight is 343 g/mol. The molecule has 1 aliphatic rings. The predicted octanol–water partition coefficient (Wildman–Crippen LogP) is 1.52. The fourth-order valence-electron chi connectivity index (χ4n) is 3.33. The topological polar surface area (TPSA) is 63.8 Å². The highest BCUT2D eigenvalue weighted by Gasteiger charge is 2.24. The highest BCUT2D eigenvalue weighted by Crippen LogP contribution is 2.26. The van der Waals surface area contributed by atoms with E-state index >= 15 is 0 Å². The molecule has 1 aromatic heterocycles. The zero-order valence-electron chi connectivity index (χ0n) is 15.4. The molecular weight excluding hydrogens is 316 g/mol. The van der Waals surface area contributed by atoms with E-state index in [-0.39, 0.29) is 11.5 Å². The third kappa shape index (κ3) is 4.28. The smallest absolute Gasteiger partial charge is 0.336 e. The lowest BCUT2D eigenvalue weighted by Gasteiger charge is -2.16. The lowest BCUT2D eigenvalue weighted by molar-refractivity contribution is -0.885. The van der Waals surface area contributed by atoms with Gasteiger partial charge in [-0.2, -0.15) is 0 Å². The maximum absolute atomic E-state index is 12.0. The van der Waals surface area contributed by atoms with Crippen LogP contribution in [0.25, 0.3) is 11.0 Å². The van der Waals surface area contributed by atoms with Crippen molar-refractivity contribution in [2.75, 3.05) is 13.6 Å². The molecule has 2 aromatic rings. The molecule has 0 radical (unpaired) electrons. The fraction of sp³-hybridized carbons (Fsp3) is 0.500. The lowest BCUT2D eigenvalue weighted by Crippen LogP contribution is -3.09. The molecule has 1 aliphatic carbocycles. The van der Waals surface area contributed by atoms with Crippen molar-refractivity contribution >= 4 is 16.9 Å². The van der Waals surface area contributed by atoms with Crippen LogP contribution in [0, 0.1) is 6.92 Å². The van der Waals surface area contributed by atoms with E-state index in [1.807, 2.05) is 20.0 Å². The van der Waals surface area contributed by atoms with Gasteiger partial charge in [0.05, 0.1) is 7.05 Å². The molecule has 0 bridgehead atoms. The van der Waals surface area contributed by atoms with Crippen molar-refractivity contribution < 1.29 is 14.1 Å². The van der Waals surface area contributed by atoms with Gasteiger partial charge in [0.25, 0.3) is 5.91 Å². The van der Waals surface area contributed by atoms with Crippen molar-refractivity contribution in [1.82, 2.24) is 5.32 Å². The minimum atomic E-state index is -0.338. The van der Waals surface area contributed by atoms with Crippen molar-refractivity contribution in [3.63, 3.8) is 0 Å². The average Bonchev–Trinajstić information content (AvgIpc) is 3.29. The summed E-state index contributed by atoms with van der Waals surface area (Å²) in [6, 6.07) is 6.02. The van der Waals surface area contributed by atoms with Crippen LogP contribution in [0.2, 0.25) is 0 Å². The van der Waals surface area contributed by atoms with Gasteiger partial charge in [0.15, 0.2) is 6.54 Å². The first-order valence-corrected chi connectivity index (χ1v) is 9.01. The molecule has 1 unspecified atom stereocenters. The molecule has 1 atom stereocenters. The normalized spacial score (nSPS) is 15.6. The molecule has 1 fully saturated rings. The summed E-state index contributed by atoms with van der Waals surface area (Å²) in [7, 11) is 1.98. The predicted molar refractivity (Wildman–Crippen MR) is 97.9 cm³/mol. The Kier molecular flexibility index (Phi) is 4.95. The monoisotopic (exact) mass is 343 g/mol. The number of carbonyl (C=O) groups excluding carboxylic acids is 1. The van der Waals surface area contributed by atoms with Crippen LogP contribution in [0.5, 0.6) is 0 Å². The van der Waals surface area contributed by atoms with Gasteiger partial charge < -0.3 is 14.6 Å². The van der Waals surface area contributed by atoms with Gasteiger partial charge in [-0.05, 0) is 48.9 Å². The highest BCUT2D eigenvalue weighted by molar-refractivity contribution is 5.82. The van der Waals surface area contributed by atoms with E-state index in [2.05, 4.69) is 25.2 Å². The Morgan fingerprint density at radius 3 is 2.68 bits per heavy atom. The Morgan fingerprint density at radius 2 is 2.04 bits per heavy atom. The number of likely N-dealkylation sites (N-methyl/N-ethyl adjacent to an activating group) is 1. The second-order valence-electron chi connectivity index (χ2n) is 7.60. The van der Waals surface area contributed by atoms with Gasteiger partial charge in [0, 0.05) is 23.1 Å². The molecule has 25 heavy (non-hydrogen) atoms. The molecule has 2 N–H and O–H groups in total. The second kappa shape index (κ2) is 7.00. The molecule has 5 nitrogen and oxygen atoms in total. The van der Waals surface area contributed by atoms with Crippen LogP contribution in [0.15, 0.2) is 27.4 Å². The van der Waals surface area contributed by atoms with E-state index < -0.39 is 0 Å². The highest BCUT2D eigenvalue weighted by atomic mass is 16.4. The third-order valence-corrected chi connectivity index (χ3v) is 4.74. The van der Waals surface area contributed by atoms with Crippen LogP contribution in [0.3, 0.4) is 0 Å². The number of hydrogen-bond donors (Lipinski definition) is 2. The Morgan fingerprint density at radius 1 is 1.32 bits per heavy atom. The van der Waals surface area contributed by atoms with E-state index in [1.165, 1.54) is 5.56 Å². The number of rotatable bonds is 6. The summed E-state index contributed by atoms with van der Waals surface area (Å²) in [5.41, 5.74) is 3.61. The van der Waals surface area contributed by atoms with Crippen LogP contribution in [-0.4, -0.2) is 25.5 Å². The molecule has 1 amide bonds. The van der Waals surface area contributed by atoms with Crippen LogP contribution >= 0.6 is 0 Å².